The number of urea groups is 1. The molecule has 6 nitrogen and oxygen atoms in total. The van der Waals surface area contributed by atoms with Crippen LogP contribution in [0, 0.1) is 0 Å². The number of rotatable bonds is 0. The molecule has 94 valence electrons. The van der Waals surface area contributed by atoms with Crippen molar-refractivity contribution in [2.45, 2.75) is 39.3 Å². The van der Waals surface area contributed by atoms with E-state index in [-0.39, 0.29) is 17.1 Å². The number of carbonyl (C=O) groups is 1. The molecular formula is C11H18N4O2. The fourth-order valence-corrected chi connectivity index (χ4v) is 1.91. The second-order valence-electron chi connectivity index (χ2n) is 5.39. The SMILES string of the molecule is CC(C)(C)NC(=O)N1CCc2c([nH][nH]c2=O)C1. The Balaban J connectivity index is 2.08. The van der Waals surface area contributed by atoms with E-state index in [1.54, 1.807) is 4.90 Å². The van der Waals surface area contributed by atoms with Crippen LogP contribution in [0.3, 0.4) is 0 Å². The molecule has 1 aromatic heterocycles. The molecule has 0 spiro atoms. The predicted molar refractivity (Wildman–Crippen MR) is 63.8 cm³/mol. The van der Waals surface area contributed by atoms with Gasteiger partial charge in [-0.15, -0.1) is 0 Å². The van der Waals surface area contributed by atoms with Gasteiger partial charge < -0.3 is 15.3 Å². The van der Waals surface area contributed by atoms with E-state index in [0.29, 0.717) is 19.5 Å². The zero-order valence-corrected chi connectivity index (χ0v) is 10.4. The molecule has 0 fully saturated rings. The molecule has 0 saturated carbocycles. The van der Waals surface area contributed by atoms with Gasteiger partial charge in [-0.2, -0.15) is 0 Å². The summed E-state index contributed by atoms with van der Waals surface area (Å²) in [5.41, 5.74) is 1.26. The first-order chi connectivity index (χ1) is 7.87. The Morgan fingerprint density at radius 1 is 1.35 bits per heavy atom. The summed E-state index contributed by atoms with van der Waals surface area (Å²) in [5.74, 6) is 0. The molecule has 17 heavy (non-hydrogen) atoms. The third-order valence-corrected chi connectivity index (χ3v) is 2.72. The summed E-state index contributed by atoms with van der Waals surface area (Å²) in [7, 11) is 0. The minimum Gasteiger partial charge on any atom is -0.333 e. The van der Waals surface area contributed by atoms with E-state index in [9.17, 15) is 9.59 Å². The lowest BCUT2D eigenvalue weighted by molar-refractivity contribution is 0.182. The van der Waals surface area contributed by atoms with Gasteiger partial charge in [-0.25, -0.2) is 4.79 Å². The van der Waals surface area contributed by atoms with Crippen LogP contribution in [0.25, 0.3) is 0 Å². The van der Waals surface area contributed by atoms with Gasteiger partial charge in [-0.05, 0) is 27.2 Å². The molecule has 0 radical (unpaired) electrons. The fraction of sp³-hybridized carbons (Fsp3) is 0.636. The van der Waals surface area contributed by atoms with Crippen molar-refractivity contribution in [3.8, 4) is 0 Å². The maximum atomic E-state index is 11.9. The average molecular weight is 238 g/mol. The number of hydrogen-bond donors (Lipinski definition) is 3. The van der Waals surface area contributed by atoms with Crippen LogP contribution in [-0.4, -0.2) is 33.2 Å². The number of aromatic nitrogens is 2. The molecule has 0 aromatic carbocycles. The number of nitrogens with one attached hydrogen (secondary N) is 3. The number of fused-ring (bicyclic) bond motifs is 1. The fourth-order valence-electron chi connectivity index (χ4n) is 1.91. The third kappa shape index (κ3) is 2.51. The maximum absolute atomic E-state index is 11.9. The summed E-state index contributed by atoms with van der Waals surface area (Å²) in [4.78, 5) is 25.0. The lowest BCUT2D eigenvalue weighted by atomic mass is 10.1. The summed E-state index contributed by atoms with van der Waals surface area (Å²) >= 11 is 0. The minimum absolute atomic E-state index is 0.0733. The van der Waals surface area contributed by atoms with Gasteiger partial charge in [0.15, 0.2) is 0 Å². The third-order valence-electron chi connectivity index (χ3n) is 2.72. The van der Waals surface area contributed by atoms with Crippen molar-refractivity contribution in [3.63, 3.8) is 0 Å². The van der Waals surface area contributed by atoms with Gasteiger partial charge in [-0.3, -0.25) is 9.89 Å². The summed E-state index contributed by atoms with van der Waals surface area (Å²) in [6.07, 6.45) is 0.603. The molecule has 1 aliphatic heterocycles. The normalized spacial score (nSPS) is 15.6. The quantitative estimate of drug-likeness (QED) is 0.617. The van der Waals surface area contributed by atoms with Crippen LogP contribution in [0.5, 0.6) is 0 Å². The van der Waals surface area contributed by atoms with E-state index in [1.807, 2.05) is 20.8 Å². The number of H-pyrrole nitrogens is 2. The van der Waals surface area contributed by atoms with Gasteiger partial charge in [0.2, 0.25) is 0 Å². The van der Waals surface area contributed by atoms with Gasteiger partial charge in [0, 0.05) is 17.6 Å². The molecule has 2 rings (SSSR count). The molecule has 3 N–H and O–H groups in total. The van der Waals surface area contributed by atoms with E-state index < -0.39 is 0 Å². The summed E-state index contributed by atoms with van der Waals surface area (Å²) < 4.78 is 0. The molecule has 0 bridgehead atoms. The van der Waals surface area contributed by atoms with Gasteiger partial charge >= 0.3 is 6.03 Å². The number of amides is 2. The summed E-state index contributed by atoms with van der Waals surface area (Å²) in [6.45, 7) is 6.86. The van der Waals surface area contributed by atoms with Crippen molar-refractivity contribution in [2.75, 3.05) is 6.54 Å². The molecule has 1 aromatic rings. The smallest absolute Gasteiger partial charge is 0.318 e. The number of hydrogen-bond acceptors (Lipinski definition) is 2. The van der Waals surface area contributed by atoms with Crippen LogP contribution in [0.1, 0.15) is 32.0 Å². The van der Waals surface area contributed by atoms with E-state index in [0.717, 1.165) is 11.3 Å². The van der Waals surface area contributed by atoms with Gasteiger partial charge in [0.05, 0.1) is 12.2 Å². The zero-order valence-electron chi connectivity index (χ0n) is 10.4. The number of aromatic amines is 2. The second-order valence-corrected chi connectivity index (χ2v) is 5.39. The molecule has 2 amide bonds. The van der Waals surface area contributed by atoms with Crippen LogP contribution in [0.4, 0.5) is 4.79 Å². The van der Waals surface area contributed by atoms with Crippen molar-refractivity contribution in [1.82, 2.24) is 20.4 Å². The van der Waals surface area contributed by atoms with Crippen LogP contribution in [0.15, 0.2) is 4.79 Å². The summed E-state index contributed by atoms with van der Waals surface area (Å²) in [6, 6.07) is -0.0924. The van der Waals surface area contributed by atoms with Crippen LogP contribution in [-0.2, 0) is 13.0 Å². The molecule has 2 heterocycles. The zero-order chi connectivity index (χ0) is 12.6. The van der Waals surface area contributed by atoms with Crippen LogP contribution in [0.2, 0.25) is 0 Å². The highest BCUT2D eigenvalue weighted by Gasteiger charge is 2.25. The monoisotopic (exact) mass is 238 g/mol. The standard InChI is InChI=1S/C11H18N4O2/c1-11(2,3)12-10(17)15-5-4-7-8(6-15)13-14-9(7)16/h4-6H2,1-3H3,(H,12,17)(H2,13,14,16). The van der Waals surface area contributed by atoms with Crippen molar-refractivity contribution in [3.05, 3.63) is 21.6 Å². The Morgan fingerprint density at radius 3 is 2.71 bits per heavy atom. The molecular weight excluding hydrogens is 220 g/mol. The molecule has 1 aliphatic rings. The average Bonchev–Trinajstić information content (AvgIpc) is 2.57. The largest absolute Gasteiger partial charge is 0.333 e. The summed E-state index contributed by atoms with van der Waals surface area (Å²) in [5, 5.41) is 8.27. The van der Waals surface area contributed by atoms with Crippen molar-refractivity contribution < 1.29 is 4.79 Å². The number of nitrogens with zero attached hydrogens (tertiary/aromatic N) is 1. The highest BCUT2D eigenvalue weighted by molar-refractivity contribution is 5.75. The Bertz CT molecular complexity index is 480. The first-order valence-electron chi connectivity index (χ1n) is 5.72. The highest BCUT2D eigenvalue weighted by Crippen LogP contribution is 2.13. The molecule has 0 saturated heterocycles. The maximum Gasteiger partial charge on any atom is 0.318 e. The minimum atomic E-state index is -0.247. The Labute approximate surface area is 99.4 Å². The van der Waals surface area contributed by atoms with Crippen molar-refractivity contribution in [1.29, 1.82) is 0 Å². The molecule has 6 heteroatoms. The van der Waals surface area contributed by atoms with Gasteiger partial charge in [0.1, 0.15) is 0 Å². The first-order valence-corrected chi connectivity index (χ1v) is 5.72. The van der Waals surface area contributed by atoms with Crippen molar-refractivity contribution >= 4 is 6.03 Å². The Kier molecular flexibility index (Phi) is 2.73. The predicted octanol–water partition coefficient (Wildman–Crippen LogP) is 0.569. The van der Waals surface area contributed by atoms with Crippen LogP contribution >= 0.6 is 0 Å². The first kappa shape index (κ1) is 11.8. The molecule has 0 aliphatic carbocycles. The van der Waals surface area contributed by atoms with E-state index in [2.05, 4.69) is 15.5 Å². The Hall–Kier alpha value is -1.72. The molecule has 0 atom stereocenters. The molecule has 0 unspecified atom stereocenters. The van der Waals surface area contributed by atoms with Crippen molar-refractivity contribution in [2.24, 2.45) is 0 Å². The van der Waals surface area contributed by atoms with E-state index in [4.69, 9.17) is 0 Å². The highest BCUT2D eigenvalue weighted by atomic mass is 16.2. The Morgan fingerprint density at radius 2 is 2.06 bits per heavy atom. The lowest BCUT2D eigenvalue weighted by Gasteiger charge is -2.30. The second kappa shape index (κ2) is 3.94. The lowest BCUT2D eigenvalue weighted by Crippen LogP contribution is -2.50. The van der Waals surface area contributed by atoms with Crippen LogP contribution < -0.4 is 10.9 Å². The topological polar surface area (TPSA) is 81.0 Å². The van der Waals surface area contributed by atoms with Gasteiger partial charge in [-0.1, -0.05) is 0 Å². The van der Waals surface area contributed by atoms with E-state index >= 15 is 0 Å². The van der Waals surface area contributed by atoms with E-state index in [1.165, 1.54) is 0 Å². The number of carbonyl (C=O) groups excluding carboxylic acids is 1. The van der Waals surface area contributed by atoms with Gasteiger partial charge in [0.25, 0.3) is 5.56 Å².